The minimum atomic E-state index is 0.564. The Morgan fingerprint density at radius 3 is 2.11 bits per heavy atom. The molecule has 2 aliphatic carbocycles. The van der Waals surface area contributed by atoms with Crippen LogP contribution in [-0.2, 0) is 0 Å². The predicted molar refractivity (Wildman–Crippen MR) is 88.0 cm³/mol. The van der Waals surface area contributed by atoms with Gasteiger partial charge in [0.05, 0.1) is 0 Å². The van der Waals surface area contributed by atoms with Crippen molar-refractivity contribution in [3.63, 3.8) is 0 Å². The van der Waals surface area contributed by atoms with E-state index in [4.69, 9.17) is 0 Å². The summed E-state index contributed by atoms with van der Waals surface area (Å²) in [6.07, 6.45) is 14.4. The maximum atomic E-state index is 3.84. The highest BCUT2D eigenvalue weighted by Gasteiger charge is 2.33. The highest BCUT2D eigenvalue weighted by Crippen LogP contribution is 2.38. The molecule has 1 nitrogen and oxygen atoms in total. The van der Waals surface area contributed by atoms with Crippen LogP contribution < -0.4 is 0 Å². The van der Waals surface area contributed by atoms with Gasteiger partial charge in [0, 0.05) is 17.9 Å². The maximum absolute atomic E-state index is 3.84. The summed E-state index contributed by atoms with van der Waals surface area (Å²) >= 11 is 3.84. The average Bonchev–Trinajstić information content (AvgIpc) is 2.65. The summed E-state index contributed by atoms with van der Waals surface area (Å²) in [5.41, 5.74) is 0.564. The molecular formula is C17H32BrN. The topological polar surface area (TPSA) is 3.24 Å². The van der Waals surface area contributed by atoms with Crippen LogP contribution in [0.4, 0.5) is 0 Å². The number of alkyl halides is 1. The van der Waals surface area contributed by atoms with E-state index in [1.165, 1.54) is 76.1 Å². The largest absolute Gasteiger partial charge is 0.303 e. The van der Waals surface area contributed by atoms with Gasteiger partial charge in [-0.2, -0.15) is 0 Å². The SMILES string of the molecule is CC1CCC(N(C)CC2(CBr)CCCCCC2)CC1. The van der Waals surface area contributed by atoms with Crippen molar-refractivity contribution in [2.75, 3.05) is 18.9 Å². The molecule has 0 aromatic heterocycles. The van der Waals surface area contributed by atoms with Crippen LogP contribution in [0.3, 0.4) is 0 Å². The van der Waals surface area contributed by atoms with Crippen molar-refractivity contribution in [2.45, 2.75) is 77.2 Å². The quantitative estimate of drug-likeness (QED) is 0.504. The third-order valence-electron chi connectivity index (χ3n) is 5.64. The zero-order valence-electron chi connectivity index (χ0n) is 13.0. The molecule has 0 heterocycles. The van der Waals surface area contributed by atoms with Gasteiger partial charge in [0.1, 0.15) is 0 Å². The van der Waals surface area contributed by atoms with Crippen molar-refractivity contribution in [2.24, 2.45) is 11.3 Å². The fourth-order valence-electron chi connectivity index (χ4n) is 4.15. The molecule has 112 valence electrons. The Morgan fingerprint density at radius 1 is 1.00 bits per heavy atom. The lowest BCUT2D eigenvalue weighted by molar-refractivity contribution is 0.106. The molecule has 0 saturated heterocycles. The van der Waals surface area contributed by atoms with Crippen LogP contribution in [0.15, 0.2) is 0 Å². The van der Waals surface area contributed by atoms with Gasteiger partial charge < -0.3 is 4.90 Å². The normalized spacial score (nSPS) is 32.2. The molecule has 0 aromatic rings. The van der Waals surface area contributed by atoms with Crippen molar-refractivity contribution in [3.05, 3.63) is 0 Å². The van der Waals surface area contributed by atoms with Crippen molar-refractivity contribution in [3.8, 4) is 0 Å². The van der Waals surface area contributed by atoms with Crippen molar-refractivity contribution < 1.29 is 0 Å². The minimum Gasteiger partial charge on any atom is -0.303 e. The highest BCUT2D eigenvalue weighted by atomic mass is 79.9. The molecule has 2 saturated carbocycles. The predicted octanol–water partition coefficient (Wildman–Crippen LogP) is 5.23. The number of nitrogens with zero attached hydrogens (tertiary/aromatic N) is 1. The minimum absolute atomic E-state index is 0.564. The first-order valence-corrected chi connectivity index (χ1v) is 9.53. The van der Waals surface area contributed by atoms with E-state index in [9.17, 15) is 0 Å². The van der Waals surface area contributed by atoms with E-state index in [0.29, 0.717) is 5.41 Å². The zero-order chi connectivity index (χ0) is 13.7. The van der Waals surface area contributed by atoms with Gasteiger partial charge >= 0.3 is 0 Å². The summed E-state index contributed by atoms with van der Waals surface area (Å²) in [7, 11) is 2.38. The van der Waals surface area contributed by atoms with Gasteiger partial charge in [0.2, 0.25) is 0 Å². The fourth-order valence-corrected chi connectivity index (χ4v) is 4.89. The van der Waals surface area contributed by atoms with Gasteiger partial charge in [-0.1, -0.05) is 48.5 Å². The molecule has 0 atom stereocenters. The molecule has 0 radical (unpaired) electrons. The number of rotatable bonds is 4. The summed E-state index contributed by atoms with van der Waals surface area (Å²) in [6, 6.07) is 0.857. The molecule has 2 fully saturated rings. The Labute approximate surface area is 128 Å². The molecular weight excluding hydrogens is 298 g/mol. The molecule has 2 rings (SSSR count). The number of halogens is 1. The monoisotopic (exact) mass is 329 g/mol. The molecule has 19 heavy (non-hydrogen) atoms. The van der Waals surface area contributed by atoms with E-state index in [-0.39, 0.29) is 0 Å². The zero-order valence-corrected chi connectivity index (χ0v) is 14.6. The van der Waals surface area contributed by atoms with Crippen LogP contribution in [0.5, 0.6) is 0 Å². The number of hydrogen-bond donors (Lipinski definition) is 0. The van der Waals surface area contributed by atoms with E-state index < -0.39 is 0 Å². The molecule has 0 aliphatic heterocycles. The third-order valence-corrected chi connectivity index (χ3v) is 6.83. The molecule has 0 aromatic carbocycles. The highest BCUT2D eigenvalue weighted by molar-refractivity contribution is 9.09. The van der Waals surface area contributed by atoms with Crippen LogP contribution in [0, 0.1) is 11.3 Å². The second kappa shape index (κ2) is 7.45. The van der Waals surface area contributed by atoms with E-state index >= 15 is 0 Å². The Hall–Kier alpha value is 0.440. The molecule has 0 unspecified atom stereocenters. The van der Waals surface area contributed by atoms with E-state index in [0.717, 1.165) is 12.0 Å². The lowest BCUT2D eigenvalue weighted by atomic mass is 9.80. The van der Waals surface area contributed by atoms with Crippen LogP contribution in [0.1, 0.15) is 71.1 Å². The average molecular weight is 330 g/mol. The molecule has 0 amide bonds. The van der Waals surface area contributed by atoms with Gasteiger partial charge in [-0.15, -0.1) is 0 Å². The van der Waals surface area contributed by atoms with Crippen molar-refractivity contribution >= 4 is 15.9 Å². The lowest BCUT2D eigenvalue weighted by Gasteiger charge is -2.40. The van der Waals surface area contributed by atoms with E-state index in [1.807, 2.05) is 0 Å². The molecule has 2 heteroatoms. The van der Waals surface area contributed by atoms with Crippen LogP contribution in [0.2, 0.25) is 0 Å². The first-order valence-electron chi connectivity index (χ1n) is 8.41. The first-order chi connectivity index (χ1) is 9.15. The lowest BCUT2D eigenvalue weighted by Crippen LogP contribution is -2.43. The molecule has 2 aliphatic rings. The van der Waals surface area contributed by atoms with E-state index in [1.54, 1.807) is 0 Å². The third kappa shape index (κ3) is 4.46. The second-order valence-corrected chi connectivity index (χ2v) is 7.94. The Morgan fingerprint density at radius 2 is 1.58 bits per heavy atom. The van der Waals surface area contributed by atoms with Gasteiger partial charge in [0.25, 0.3) is 0 Å². The number of hydrogen-bond acceptors (Lipinski definition) is 1. The Bertz CT molecular complexity index is 250. The summed E-state index contributed by atoms with van der Waals surface area (Å²) < 4.78 is 0. The van der Waals surface area contributed by atoms with E-state index in [2.05, 4.69) is 34.8 Å². The van der Waals surface area contributed by atoms with Crippen LogP contribution >= 0.6 is 15.9 Å². The van der Waals surface area contributed by atoms with Gasteiger partial charge in [-0.05, 0) is 56.9 Å². The molecule has 0 spiro atoms. The van der Waals surface area contributed by atoms with Crippen molar-refractivity contribution in [1.29, 1.82) is 0 Å². The Kier molecular flexibility index (Phi) is 6.20. The molecule has 0 N–H and O–H groups in total. The smallest absolute Gasteiger partial charge is 0.0100 e. The van der Waals surface area contributed by atoms with Gasteiger partial charge in [-0.25, -0.2) is 0 Å². The van der Waals surface area contributed by atoms with Crippen LogP contribution in [-0.4, -0.2) is 29.9 Å². The fraction of sp³-hybridized carbons (Fsp3) is 1.00. The Balaban J connectivity index is 1.89. The molecule has 0 bridgehead atoms. The van der Waals surface area contributed by atoms with Crippen molar-refractivity contribution in [1.82, 2.24) is 4.90 Å². The summed E-state index contributed by atoms with van der Waals surface area (Å²) in [5, 5.41) is 1.20. The standard InChI is InChI=1S/C17H32BrN/c1-15-7-9-16(10-8-15)19(2)14-17(13-18)11-5-3-4-6-12-17/h15-16H,3-14H2,1-2H3. The summed E-state index contributed by atoms with van der Waals surface area (Å²) in [4.78, 5) is 2.71. The maximum Gasteiger partial charge on any atom is 0.0100 e. The first kappa shape index (κ1) is 15.8. The summed E-state index contributed by atoms with van der Waals surface area (Å²) in [5.74, 6) is 0.965. The van der Waals surface area contributed by atoms with Gasteiger partial charge in [-0.3, -0.25) is 0 Å². The summed E-state index contributed by atoms with van der Waals surface area (Å²) in [6.45, 7) is 3.73. The van der Waals surface area contributed by atoms with Gasteiger partial charge in [0.15, 0.2) is 0 Å². The second-order valence-electron chi connectivity index (χ2n) is 7.38. The van der Waals surface area contributed by atoms with Crippen LogP contribution in [0.25, 0.3) is 0 Å².